The molecule has 0 aromatic heterocycles. The summed E-state index contributed by atoms with van der Waals surface area (Å²) in [7, 11) is 0. The number of carboxylic acids is 1. The van der Waals surface area contributed by atoms with Gasteiger partial charge in [-0.25, -0.2) is 4.79 Å². The monoisotopic (exact) mass is 521 g/mol. The maximum absolute atomic E-state index is 13.2. The number of carbonyl (C=O) groups is 3. The molecule has 2 aromatic carbocycles. The molecule has 0 fully saturated rings. The van der Waals surface area contributed by atoms with Crippen molar-refractivity contribution in [3.05, 3.63) is 71.8 Å². The molecule has 192 valence electrons. The fraction of sp³-hybridized carbons (Fsp3) is 0.423. The zero-order valence-corrected chi connectivity index (χ0v) is 22.0. The van der Waals surface area contributed by atoms with E-state index in [0.717, 1.165) is 11.1 Å². The van der Waals surface area contributed by atoms with E-state index in [1.165, 1.54) is 11.8 Å². The van der Waals surface area contributed by atoms with Crippen molar-refractivity contribution in [1.29, 1.82) is 0 Å². The van der Waals surface area contributed by atoms with E-state index >= 15 is 0 Å². The fourth-order valence-corrected chi connectivity index (χ4v) is 4.01. The highest BCUT2D eigenvalue weighted by molar-refractivity contribution is 7.98. The van der Waals surface area contributed by atoms with E-state index in [2.05, 4.69) is 16.0 Å². The minimum absolute atomic E-state index is 0. The van der Waals surface area contributed by atoms with Crippen LogP contribution in [0.1, 0.15) is 31.4 Å². The topological polar surface area (TPSA) is 108 Å². The van der Waals surface area contributed by atoms with Gasteiger partial charge in [-0.05, 0) is 35.5 Å². The van der Waals surface area contributed by atoms with Gasteiger partial charge in [-0.15, -0.1) is 12.4 Å². The summed E-state index contributed by atoms with van der Waals surface area (Å²) in [5.41, 5.74) is 1.93. The number of benzene rings is 2. The highest BCUT2D eigenvalue weighted by atomic mass is 35.5. The third-order valence-corrected chi connectivity index (χ3v) is 6.10. The number of carboxylic acid groups (broad SMARTS) is 1. The van der Waals surface area contributed by atoms with Crippen LogP contribution in [0.3, 0.4) is 0 Å². The van der Waals surface area contributed by atoms with Crippen LogP contribution in [-0.4, -0.2) is 53.0 Å². The van der Waals surface area contributed by atoms with E-state index in [0.29, 0.717) is 18.7 Å². The van der Waals surface area contributed by atoms with Gasteiger partial charge < -0.3 is 21.1 Å². The Morgan fingerprint density at radius 2 is 1.40 bits per heavy atom. The lowest BCUT2D eigenvalue weighted by Gasteiger charge is -2.26. The Labute approximate surface area is 218 Å². The first-order valence-electron chi connectivity index (χ1n) is 11.5. The molecule has 2 aromatic rings. The maximum Gasteiger partial charge on any atom is 0.326 e. The molecule has 0 aliphatic carbocycles. The second-order valence-corrected chi connectivity index (χ2v) is 9.51. The quantitative estimate of drug-likeness (QED) is 0.304. The summed E-state index contributed by atoms with van der Waals surface area (Å²) >= 11 is 1.51. The van der Waals surface area contributed by atoms with Gasteiger partial charge in [-0.2, -0.15) is 11.8 Å². The average molecular weight is 522 g/mol. The lowest BCUT2D eigenvalue weighted by molar-refractivity contribution is -0.142. The summed E-state index contributed by atoms with van der Waals surface area (Å²) in [5, 5.41) is 18.3. The number of carbonyl (C=O) groups excluding carboxylic acids is 2. The van der Waals surface area contributed by atoms with E-state index in [1.807, 2.05) is 80.8 Å². The highest BCUT2D eigenvalue weighted by Crippen LogP contribution is 2.09. The van der Waals surface area contributed by atoms with Crippen LogP contribution < -0.4 is 16.0 Å². The predicted octanol–water partition coefficient (Wildman–Crippen LogP) is 3.27. The lowest BCUT2D eigenvalue weighted by Crippen LogP contribution is -2.56. The Kier molecular flexibility index (Phi) is 14.1. The standard InChI is InChI=1S/C26H35N3O4S.ClH/c1-18(2)23(27-17-20-12-8-5-9-13-20)25(31)29-22(16-19-10-6-4-7-11-19)24(30)28-21(26(32)33)14-15-34-3;/h4-13,18,21-23,27H,14-17H2,1-3H3,(H,28,30)(H,29,31)(H,32,33);1H/t21-,22-,23-;/m0./s1. The fourth-order valence-electron chi connectivity index (χ4n) is 3.54. The molecule has 2 rings (SSSR count). The summed E-state index contributed by atoms with van der Waals surface area (Å²) < 4.78 is 0. The molecule has 3 atom stereocenters. The Balaban J connectivity index is 0.00000612. The van der Waals surface area contributed by atoms with Crippen molar-refractivity contribution < 1.29 is 19.5 Å². The smallest absolute Gasteiger partial charge is 0.326 e. The largest absolute Gasteiger partial charge is 0.480 e. The van der Waals surface area contributed by atoms with Gasteiger partial charge in [-0.1, -0.05) is 74.5 Å². The Bertz CT molecular complexity index is 915. The minimum atomic E-state index is -1.09. The first-order valence-corrected chi connectivity index (χ1v) is 12.8. The van der Waals surface area contributed by atoms with Crippen molar-refractivity contribution in [2.45, 2.75) is 51.4 Å². The highest BCUT2D eigenvalue weighted by Gasteiger charge is 2.30. The third kappa shape index (κ3) is 10.7. The minimum Gasteiger partial charge on any atom is -0.480 e. The molecule has 4 N–H and O–H groups in total. The molecule has 0 saturated carbocycles. The van der Waals surface area contributed by atoms with Crippen LogP contribution in [-0.2, 0) is 27.3 Å². The maximum atomic E-state index is 13.2. The number of hydrogen-bond donors (Lipinski definition) is 4. The third-order valence-electron chi connectivity index (χ3n) is 5.46. The van der Waals surface area contributed by atoms with Gasteiger partial charge in [0, 0.05) is 13.0 Å². The van der Waals surface area contributed by atoms with E-state index in [1.54, 1.807) is 0 Å². The van der Waals surface area contributed by atoms with Gasteiger partial charge in [0.1, 0.15) is 12.1 Å². The Morgan fingerprint density at radius 1 is 0.857 bits per heavy atom. The molecule has 2 amide bonds. The first-order chi connectivity index (χ1) is 16.3. The van der Waals surface area contributed by atoms with Crippen molar-refractivity contribution in [3.8, 4) is 0 Å². The second-order valence-electron chi connectivity index (χ2n) is 8.52. The summed E-state index contributed by atoms with van der Waals surface area (Å²) in [6.45, 7) is 4.40. The molecule has 0 heterocycles. The summed E-state index contributed by atoms with van der Waals surface area (Å²) in [6.07, 6.45) is 2.45. The predicted molar refractivity (Wildman–Crippen MR) is 144 cm³/mol. The molecule has 35 heavy (non-hydrogen) atoms. The van der Waals surface area contributed by atoms with Crippen LogP contribution in [0.15, 0.2) is 60.7 Å². The number of thioether (sulfide) groups is 1. The first kappa shape index (κ1) is 30.5. The Hall–Kier alpha value is -2.55. The zero-order valence-electron chi connectivity index (χ0n) is 20.4. The molecule has 0 radical (unpaired) electrons. The van der Waals surface area contributed by atoms with Crippen LogP contribution in [0.25, 0.3) is 0 Å². The number of hydrogen-bond acceptors (Lipinski definition) is 5. The molecule has 7 nitrogen and oxygen atoms in total. The van der Waals surface area contributed by atoms with Crippen LogP contribution >= 0.6 is 24.2 Å². The molecule has 0 saturated heterocycles. The summed E-state index contributed by atoms with van der Waals surface area (Å²) in [4.78, 5) is 38.0. The molecular weight excluding hydrogens is 486 g/mol. The van der Waals surface area contributed by atoms with Gasteiger partial charge in [0.15, 0.2) is 0 Å². The molecule has 9 heteroatoms. The zero-order chi connectivity index (χ0) is 24.9. The SMILES string of the molecule is CSCC[C@H](NC(=O)[C@H](Cc1ccccc1)NC(=O)[C@@H](NCc1ccccc1)C(C)C)C(=O)O.Cl. The second kappa shape index (κ2) is 16.2. The summed E-state index contributed by atoms with van der Waals surface area (Å²) in [6, 6.07) is 16.7. The van der Waals surface area contributed by atoms with Crippen molar-refractivity contribution in [2.75, 3.05) is 12.0 Å². The van der Waals surface area contributed by atoms with Crippen molar-refractivity contribution in [3.63, 3.8) is 0 Å². The van der Waals surface area contributed by atoms with Gasteiger partial charge in [0.05, 0.1) is 6.04 Å². The number of rotatable bonds is 14. The van der Waals surface area contributed by atoms with Crippen molar-refractivity contribution >= 4 is 42.0 Å². The van der Waals surface area contributed by atoms with Gasteiger partial charge in [0.25, 0.3) is 0 Å². The van der Waals surface area contributed by atoms with Crippen LogP contribution in [0, 0.1) is 5.92 Å². The molecule has 0 unspecified atom stereocenters. The number of nitrogens with one attached hydrogen (secondary N) is 3. The summed E-state index contributed by atoms with van der Waals surface area (Å²) in [5.74, 6) is -1.30. The van der Waals surface area contributed by atoms with Gasteiger partial charge in [0.2, 0.25) is 11.8 Å². The molecular formula is C26H36ClN3O4S. The lowest BCUT2D eigenvalue weighted by atomic mass is 10.0. The van der Waals surface area contributed by atoms with Gasteiger partial charge >= 0.3 is 5.97 Å². The Morgan fingerprint density at radius 3 is 1.91 bits per heavy atom. The van der Waals surface area contributed by atoms with Crippen molar-refractivity contribution in [2.24, 2.45) is 5.92 Å². The van der Waals surface area contributed by atoms with E-state index in [4.69, 9.17) is 0 Å². The normalized spacial score (nSPS) is 13.3. The molecule has 0 bridgehead atoms. The number of aliphatic carboxylic acids is 1. The van der Waals surface area contributed by atoms with E-state index in [9.17, 15) is 19.5 Å². The number of halogens is 1. The number of amides is 2. The van der Waals surface area contributed by atoms with Crippen LogP contribution in [0.4, 0.5) is 0 Å². The molecule has 0 aliphatic rings. The molecule has 0 aliphatic heterocycles. The molecule has 0 spiro atoms. The van der Waals surface area contributed by atoms with Crippen molar-refractivity contribution in [1.82, 2.24) is 16.0 Å². The van der Waals surface area contributed by atoms with Crippen LogP contribution in [0.2, 0.25) is 0 Å². The average Bonchev–Trinajstić information content (AvgIpc) is 2.82. The van der Waals surface area contributed by atoms with E-state index < -0.39 is 30.0 Å². The van der Waals surface area contributed by atoms with Gasteiger partial charge in [-0.3, -0.25) is 9.59 Å². The van der Waals surface area contributed by atoms with Crippen LogP contribution in [0.5, 0.6) is 0 Å². The van der Waals surface area contributed by atoms with E-state index in [-0.39, 0.29) is 30.7 Å².